The van der Waals surface area contributed by atoms with E-state index in [-0.39, 0.29) is 5.97 Å². The zero-order valence-corrected chi connectivity index (χ0v) is 8.13. The van der Waals surface area contributed by atoms with Crippen molar-refractivity contribution < 1.29 is 9.53 Å². The molecule has 0 saturated carbocycles. The van der Waals surface area contributed by atoms with Crippen LogP contribution in [0.4, 0.5) is 0 Å². The predicted molar refractivity (Wildman–Crippen MR) is 54.4 cm³/mol. The Balaban J connectivity index is 2.67. The van der Waals surface area contributed by atoms with Gasteiger partial charge in [-0.25, -0.2) is 4.79 Å². The molecule has 0 bridgehead atoms. The van der Waals surface area contributed by atoms with Crippen LogP contribution in [0.3, 0.4) is 0 Å². The lowest BCUT2D eigenvalue weighted by Crippen LogP contribution is -2.03. The quantitative estimate of drug-likeness (QED) is 0.699. The third-order valence-electron chi connectivity index (χ3n) is 2.39. The van der Waals surface area contributed by atoms with Gasteiger partial charge in [0.25, 0.3) is 0 Å². The molecule has 0 spiro atoms. The van der Waals surface area contributed by atoms with Crippen molar-refractivity contribution in [2.45, 2.75) is 6.92 Å². The Bertz CT molecular complexity index is 485. The monoisotopic (exact) mass is 189 g/mol. The summed E-state index contributed by atoms with van der Waals surface area (Å²) in [7, 11) is 1.39. The van der Waals surface area contributed by atoms with Crippen LogP contribution in [-0.4, -0.2) is 18.1 Å². The van der Waals surface area contributed by atoms with E-state index < -0.39 is 0 Å². The van der Waals surface area contributed by atoms with Crippen LogP contribution in [0.1, 0.15) is 15.9 Å². The first-order valence-corrected chi connectivity index (χ1v) is 4.39. The third kappa shape index (κ3) is 1.18. The SMILES string of the molecule is COC(=O)c1ccc2cc[nH]c2c1C. The molecule has 0 aliphatic rings. The van der Waals surface area contributed by atoms with Crippen molar-refractivity contribution in [3.05, 3.63) is 35.5 Å². The molecular weight excluding hydrogens is 178 g/mol. The van der Waals surface area contributed by atoms with E-state index in [0.29, 0.717) is 5.56 Å². The molecule has 0 fully saturated rings. The molecule has 2 rings (SSSR count). The van der Waals surface area contributed by atoms with Gasteiger partial charge in [0, 0.05) is 11.7 Å². The van der Waals surface area contributed by atoms with Crippen LogP contribution in [0.15, 0.2) is 24.4 Å². The van der Waals surface area contributed by atoms with Crippen molar-refractivity contribution in [2.24, 2.45) is 0 Å². The Morgan fingerprint density at radius 1 is 1.36 bits per heavy atom. The number of H-pyrrole nitrogens is 1. The molecule has 1 aromatic heterocycles. The van der Waals surface area contributed by atoms with Crippen LogP contribution in [0, 0.1) is 6.92 Å². The number of benzene rings is 1. The van der Waals surface area contributed by atoms with E-state index in [4.69, 9.17) is 0 Å². The van der Waals surface area contributed by atoms with Crippen LogP contribution < -0.4 is 0 Å². The van der Waals surface area contributed by atoms with Crippen LogP contribution in [0.5, 0.6) is 0 Å². The Kier molecular flexibility index (Phi) is 2.00. The summed E-state index contributed by atoms with van der Waals surface area (Å²) in [6.45, 7) is 1.91. The van der Waals surface area contributed by atoms with Crippen LogP contribution in [-0.2, 0) is 4.74 Å². The topological polar surface area (TPSA) is 42.1 Å². The van der Waals surface area contributed by atoms with Crippen molar-refractivity contribution in [1.82, 2.24) is 4.98 Å². The van der Waals surface area contributed by atoms with Crippen molar-refractivity contribution >= 4 is 16.9 Å². The van der Waals surface area contributed by atoms with Gasteiger partial charge in [-0.15, -0.1) is 0 Å². The van der Waals surface area contributed by atoms with E-state index in [1.807, 2.05) is 25.3 Å². The second kappa shape index (κ2) is 3.18. The van der Waals surface area contributed by atoms with Gasteiger partial charge in [0.1, 0.15) is 0 Å². The molecule has 1 N–H and O–H groups in total. The van der Waals surface area contributed by atoms with Crippen molar-refractivity contribution in [3.63, 3.8) is 0 Å². The molecule has 14 heavy (non-hydrogen) atoms. The fraction of sp³-hybridized carbons (Fsp3) is 0.182. The number of rotatable bonds is 1. The number of esters is 1. The summed E-state index contributed by atoms with van der Waals surface area (Å²) >= 11 is 0. The predicted octanol–water partition coefficient (Wildman–Crippen LogP) is 2.26. The number of aryl methyl sites for hydroxylation is 1. The summed E-state index contributed by atoms with van der Waals surface area (Å²) in [5, 5.41) is 1.11. The second-order valence-corrected chi connectivity index (χ2v) is 3.17. The summed E-state index contributed by atoms with van der Waals surface area (Å²) in [6.07, 6.45) is 1.86. The van der Waals surface area contributed by atoms with E-state index in [1.54, 1.807) is 6.07 Å². The fourth-order valence-corrected chi connectivity index (χ4v) is 1.61. The highest BCUT2D eigenvalue weighted by Gasteiger charge is 2.11. The molecule has 0 aliphatic carbocycles. The molecule has 0 aliphatic heterocycles. The number of hydrogen-bond acceptors (Lipinski definition) is 2. The number of carbonyl (C=O) groups is 1. The van der Waals surface area contributed by atoms with Gasteiger partial charge in [0.2, 0.25) is 0 Å². The van der Waals surface area contributed by atoms with E-state index in [0.717, 1.165) is 16.5 Å². The summed E-state index contributed by atoms with van der Waals surface area (Å²) < 4.78 is 4.69. The lowest BCUT2D eigenvalue weighted by atomic mass is 10.1. The maximum absolute atomic E-state index is 11.4. The Morgan fingerprint density at radius 3 is 2.86 bits per heavy atom. The van der Waals surface area contributed by atoms with Gasteiger partial charge < -0.3 is 9.72 Å². The summed E-state index contributed by atoms with van der Waals surface area (Å²) in [4.78, 5) is 14.5. The normalized spacial score (nSPS) is 10.4. The number of nitrogens with one attached hydrogen (secondary N) is 1. The summed E-state index contributed by atoms with van der Waals surface area (Å²) in [5.41, 5.74) is 2.54. The average molecular weight is 189 g/mol. The van der Waals surface area contributed by atoms with Gasteiger partial charge in [-0.05, 0) is 30.0 Å². The Labute approximate surface area is 81.7 Å². The third-order valence-corrected chi connectivity index (χ3v) is 2.39. The molecular formula is C11H11NO2. The number of ether oxygens (including phenoxy) is 1. The molecule has 1 aromatic carbocycles. The zero-order chi connectivity index (χ0) is 10.1. The second-order valence-electron chi connectivity index (χ2n) is 3.17. The first kappa shape index (κ1) is 8.81. The van der Waals surface area contributed by atoms with Crippen molar-refractivity contribution in [1.29, 1.82) is 0 Å². The molecule has 0 amide bonds. The number of methoxy groups -OCH3 is 1. The number of carbonyl (C=O) groups excluding carboxylic acids is 1. The van der Waals surface area contributed by atoms with E-state index >= 15 is 0 Å². The Morgan fingerprint density at radius 2 is 2.14 bits per heavy atom. The van der Waals surface area contributed by atoms with Gasteiger partial charge in [-0.1, -0.05) is 6.07 Å². The number of aromatic nitrogens is 1. The molecule has 2 aromatic rings. The molecule has 0 unspecified atom stereocenters. The molecule has 0 atom stereocenters. The minimum absolute atomic E-state index is 0.293. The number of aromatic amines is 1. The highest BCUT2D eigenvalue weighted by atomic mass is 16.5. The number of fused-ring (bicyclic) bond motifs is 1. The van der Waals surface area contributed by atoms with Gasteiger partial charge in [0.15, 0.2) is 0 Å². The van der Waals surface area contributed by atoms with E-state index in [1.165, 1.54) is 7.11 Å². The minimum atomic E-state index is -0.293. The molecule has 0 saturated heterocycles. The highest BCUT2D eigenvalue weighted by molar-refractivity contribution is 5.97. The molecule has 3 heteroatoms. The fourth-order valence-electron chi connectivity index (χ4n) is 1.61. The van der Waals surface area contributed by atoms with Gasteiger partial charge >= 0.3 is 5.97 Å². The average Bonchev–Trinajstić information content (AvgIpc) is 2.66. The molecule has 1 heterocycles. The molecule has 3 nitrogen and oxygen atoms in total. The minimum Gasteiger partial charge on any atom is -0.465 e. The van der Waals surface area contributed by atoms with Crippen LogP contribution >= 0.6 is 0 Å². The van der Waals surface area contributed by atoms with Gasteiger partial charge in [-0.2, -0.15) is 0 Å². The first-order chi connectivity index (χ1) is 6.74. The smallest absolute Gasteiger partial charge is 0.338 e. The number of hydrogen-bond donors (Lipinski definition) is 1. The maximum atomic E-state index is 11.4. The van der Waals surface area contributed by atoms with Crippen LogP contribution in [0.25, 0.3) is 10.9 Å². The lowest BCUT2D eigenvalue weighted by molar-refractivity contribution is 0.0600. The first-order valence-electron chi connectivity index (χ1n) is 4.39. The highest BCUT2D eigenvalue weighted by Crippen LogP contribution is 2.20. The molecule has 72 valence electrons. The maximum Gasteiger partial charge on any atom is 0.338 e. The van der Waals surface area contributed by atoms with Crippen LogP contribution in [0.2, 0.25) is 0 Å². The summed E-state index contributed by atoms with van der Waals surface area (Å²) in [5.74, 6) is -0.293. The van der Waals surface area contributed by atoms with E-state index in [2.05, 4.69) is 9.72 Å². The lowest BCUT2D eigenvalue weighted by Gasteiger charge is -2.04. The zero-order valence-electron chi connectivity index (χ0n) is 8.13. The Hall–Kier alpha value is -1.77. The van der Waals surface area contributed by atoms with Crippen molar-refractivity contribution in [2.75, 3.05) is 7.11 Å². The summed E-state index contributed by atoms with van der Waals surface area (Å²) in [6, 6.07) is 5.67. The van der Waals surface area contributed by atoms with Gasteiger partial charge in [-0.3, -0.25) is 0 Å². The van der Waals surface area contributed by atoms with Gasteiger partial charge in [0.05, 0.1) is 12.7 Å². The van der Waals surface area contributed by atoms with Crippen molar-refractivity contribution in [3.8, 4) is 0 Å². The standard InChI is InChI=1S/C11H11NO2/c1-7-9(11(13)14-2)4-3-8-5-6-12-10(7)8/h3-6,12H,1-2H3. The van der Waals surface area contributed by atoms with E-state index in [9.17, 15) is 4.79 Å². The molecule has 0 radical (unpaired) electrons. The largest absolute Gasteiger partial charge is 0.465 e.